The van der Waals surface area contributed by atoms with Crippen molar-refractivity contribution in [2.45, 2.75) is 26.3 Å². The number of thiophene rings is 1. The van der Waals surface area contributed by atoms with Crippen molar-refractivity contribution in [3.8, 4) is 0 Å². The first-order valence-corrected chi connectivity index (χ1v) is 8.57. The third-order valence-corrected chi connectivity index (χ3v) is 4.75. The van der Waals surface area contributed by atoms with Crippen LogP contribution in [0.2, 0.25) is 0 Å². The summed E-state index contributed by atoms with van der Waals surface area (Å²) < 4.78 is 6.09. The largest absolute Gasteiger partial charge is 0.461 e. The molecule has 0 aliphatic rings. The average molecular weight is 341 g/mol. The Hall–Kier alpha value is -2.47. The molecular weight excluding hydrogens is 322 g/mol. The zero-order valence-corrected chi connectivity index (χ0v) is 14.7. The van der Waals surface area contributed by atoms with Crippen molar-refractivity contribution < 1.29 is 9.53 Å². The molecule has 3 aromatic heterocycles. The van der Waals surface area contributed by atoms with Gasteiger partial charge in [0.05, 0.1) is 17.1 Å². The standard InChI is InChI=1S/C18H19N3O2S/c1-4-23-17(22)16-13-10-15(24-14(13)7-9-20-16)21-18(2,3)12-6-5-8-19-11-12/h5-11,21H,4H2,1-3H3. The van der Waals surface area contributed by atoms with Crippen LogP contribution in [0.4, 0.5) is 5.00 Å². The predicted octanol–water partition coefficient (Wildman–Crippen LogP) is 4.22. The number of rotatable bonds is 5. The minimum atomic E-state index is -0.390. The van der Waals surface area contributed by atoms with Crippen molar-refractivity contribution in [3.05, 3.63) is 54.1 Å². The van der Waals surface area contributed by atoms with Crippen LogP contribution >= 0.6 is 11.3 Å². The number of nitrogens with one attached hydrogen (secondary N) is 1. The van der Waals surface area contributed by atoms with Gasteiger partial charge in [-0.3, -0.25) is 4.98 Å². The third kappa shape index (κ3) is 3.23. The molecular formula is C18H19N3O2S. The highest BCUT2D eigenvalue weighted by atomic mass is 32.1. The Bertz CT molecular complexity index is 859. The highest BCUT2D eigenvalue weighted by Gasteiger charge is 2.22. The summed E-state index contributed by atoms with van der Waals surface area (Å²) in [7, 11) is 0. The van der Waals surface area contributed by atoms with Gasteiger partial charge in [-0.05, 0) is 44.5 Å². The van der Waals surface area contributed by atoms with Crippen LogP contribution in [0.3, 0.4) is 0 Å². The number of esters is 1. The van der Waals surface area contributed by atoms with Crippen LogP contribution in [0.5, 0.6) is 0 Å². The molecule has 5 nitrogen and oxygen atoms in total. The third-order valence-electron chi connectivity index (χ3n) is 3.73. The maximum absolute atomic E-state index is 12.1. The first-order chi connectivity index (χ1) is 11.5. The van der Waals surface area contributed by atoms with Crippen LogP contribution in [0.15, 0.2) is 42.9 Å². The van der Waals surface area contributed by atoms with Gasteiger partial charge < -0.3 is 10.1 Å². The van der Waals surface area contributed by atoms with Gasteiger partial charge in [-0.25, -0.2) is 9.78 Å². The molecule has 0 saturated heterocycles. The average Bonchev–Trinajstić information content (AvgIpc) is 2.97. The van der Waals surface area contributed by atoms with E-state index in [9.17, 15) is 4.79 Å². The summed E-state index contributed by atoms with van der Waals surface area (Å²) in [5.74, 6) is -0.390. The van der Waals surface area contributed by atoms with Crippen LogP contribution < -0.4 is 5.32 Å². The van der Waals surface area contributed by atoms with Crippen molar-refractivity contribution in [2.75, 3.05) is 11.9 Å². The van der Waals surface area contributed by atoms with E-state index in [0.29, 0.717) is 12.3 Å². The molecule has 0 bridgehead atoms. The van der Waals surface area contributed by atoms with Gasteiger partial charge in [-0.15, -0.1) is 11.3 Å². The van der Waals surface area contributed by atoms with E-state index in [4.69, 9.17) is 4.74 Å². The highest BCUT2D eigenvalue weighted by molar-refractivity contribution is 7.22. The quantitative estimate of drug-likeness (QED) is 0.704. The molecule has 1 N–H and O–H groups in total. The number of ether oxygens (including phenoxy) is 1. The summed E-state index contributed by atoms with van der Waals surface area (Å²) in [5, 5.41) is 5.30. The number of anilines is 1. The summed E-state index contributed by atoms with van der Waals surface area (Å²) in [6.45, 7) is 6.31. The van der Waals surface area contributed by atoms with Gasteiger partial charge in [0.2, 0.25) is 0 Å². The minimum Gasteiger partial charge on any atom is -0.461 e. The fourth-order valence-corrected chi connectivity index (χ4v) is 3.61. The molecule has 0 atom stereocenters. The van der Waals surface area contributed by atoms with E-state index >= 15 is 0 Å². The molecule has 0 spiro atoms. The second-order valence-electron chi connectivity index (χ2n) is 5.89. The number of aromatic nitrogens is 2. The van der Waals surface area contributed by atoms with Gasteiger partial charge in [0.1, 0.15) is 0 Å². The summed E-state index contributed by atoms with van der Waals surface area (Å²) in [6, 6.07) is 7.83. The molecule has 0 unspecified atom stereocenters. The lowest BCUT2D eigenvalue weighted by Crippen LogP contribution is -2.27. The van der Waals surface area contributed by atoms with Crippen molar-refractivity contribution in [3.63, 3.8) is 0 Å². The van der Waals surface area contributed by atoms with E-state index in [1.807, 2.05) is 30.5 Å². The van der Waals surface area contributed by atoms with Crippen LogP contribution in [-0.4, -0.2) is 22.5 Å². The van der Waals surface area contributed by atoms with E-state index in [1.165, 1.54) is 0 Å². The number of fused-ring (bicyclic) bond motifs is 1. The number of hydrogen-bond acceptors (Lipinski definition) is 6. The molecule has 3 aromatic rings. The molecule has 124 valence electrons. The van der Waals surface area contributed by atoms with Crippen LogP contribution in [-0.2, 0) is 10.3 Å². The maximum Gasteiger partial charge on any atom is 0.357 e. The molecule has 24 heavy (non-hydrogen) atoms. The Morgan fingerprint density at radius 3 is 2.88 bits per heavy atom. The van der Waals surface area contributed by atoms with Gasteiger partial charge in [-0.2, -0.15) is 0 Å². The highest BCUT2D eigenvalue weighted by Crippen LogP contribution is 2.35. The topological polar surface area (TPSA) is 64.1 Å². The zero-order valence-electron chi connectivity index (χ0n) is 13.9. The fraction of sp³-hybridized carbons (Fsp3) is 0.278. The first-order valence-electron chi connectivity index (χ1n) is 7.75. The predicted molar refractivity (Wildman–Crippen MR) is 96.5 cm³/mol. The number of carbonyl (C=O) groups excluding carboxylic acids is 1. The zero-order chi connectivity index (χ0) is 17.2. The Balaban J connectivity index is 1.94. The second-order valence-corrected chi connectivity index (χ2v) is 6.98. The number of nitrogens with zero attached hydrogens (tertiary/aromatic N) is 2. The Morgan fingerprint density at radius 2 is 2.17 bits per heavy atom. The Kier molecular flexibility index (Phi) is 4.49. The van der Waals surface area contributed by atoms with Crippen molar-refractivity contribution >= 4 is 32.4 Å². The van der Waals surface area contributed by atoms with Crippen molar-refractivity contribution in [2.24, 2.45) is 0 Å². The van der Waals surface area contributed by atoms with E-state index in [2.05, 4.69) is 29.1 Å². The van der Waals surface area contributed by atoms with Crippen LogP contribution in [0, 0.1) is 0 Å². The summed E-state index contributed by atoms with van der Waals surface area (Å²) in [6.07, 6.45) is 5.25. The summed E-state index contributed by atoms with van der Waals surface area (Å²) in [4.78, 5) is 20.4. The Morgan fingerprint density at radius 1 is 1.33 bits per heavy atom. The molecule has 3 rings (SSSR count). The Labute approximate surface area is 144 Å². The van der Waals surface area contributed by atoms with Crippen molar-refractivity contribution in [1.82, 2.24) is 9.97 Å². The molecule has 0 radical (unpaired) electrons. The van der Waals surface area contributed by atoms with E-state index in [1.54, 1.807) is 30.7 Å². The van der Waals surface area contributed by atoms with Gasteiger partial charge in [0.25, 0.3) is 0 Å². The fourth-order valence-electron chi connectivity index (χ4n) is 2.50. The smallest absolute Gasteiger partial charge is 0.357 e. The molecule has 3 heterocycles. The molecule has 0 amide bonds. The molecule has 6 heteroatoms. The maximum atomic E-state index is 12.1. The monoisotopic (exact) mass is 341 g/mol. The van der Waals surface area contributed by atoms with Crippen LogP contribution in [0.1, 0.15) is 36.8 Å². The van der Waals surface area contributed by atoms with Gasteiger partial charge in [-0.1, -0.05) is 6.07 Å². The van der Waals surface area contributed by atoms with E-state index in [0.717, 1.165) is 20.7 Å². The lowest BCUT2D eigenvalue weighted by molar-refractivity contribution is 0.0522. The number of pyridine rings is 2. The molecule has 0 aliphatic heterocycles. The molecule has 0 fully saturated rings. The number of carbonyl (C=O) groups is 1. The molecule has 0 saturated carbocycles. The van der Waals surface area contributed by atoms with Crippen LogP contribution in [0.25, 0.3) is 10.1 Å². The van der Waals surface area contributed by atoms with Crippen molar-refractivity contribution in [1.29, 1.82) is 0 Å². The van der Waals surface area contributed by atoms with Gasteiger partial charge in [0, 0.05) is 28.7 Å². The lowest BCUT2D eigenvalue weighted by Gasteiger charge is -2.26. The number of hydrogen-bond donors (Lipinski definition) is 1. The summed E-state index contributed by atoms with van der Waals surface area (Å²) >= 11 is 1.59. The SMILES string of the molecule is CCOC(=O)c1nccc2sc(NC(C)(C)c3cccnc3)cc12. The van der Waals surface area contributed by atoms with Gasteiger partial charge in [0.15, 0.2) is 5.69 Å². The first kappa shape index (κ1) is 16.4. The molecule has 0 aromatic carbocycles. The second kappa shape index (κ2) is 6.57. The van der Waals surface area contributed by atoms with E-state index in [-0.39, 0.29) is 11.5 Å². The van der Waals surface area contributed by atoms with E-state index < -0.39 is 0 Å². The summed E-state index contributed by atoms with van der Waals surface area (Å²) in [5.41, 5.74) is 1.16. The van der Waals surface area contributed by atoms with Gasteiger partial charge >= 0.3 is 5.97 Å². The normalized spacial score (nSPS) is 11.5. The lowest BCUT2D eigenvalue weighted by atomic mass is 9.96. The minimum absolute atomic E-state index is 0.285. The molecule has 0 aliphatic carbocycles.